The van der Waals surface area contributed by atoms with E-state index in [4.69, 9.17) is 0 Å². The Labute approximate surface area is 187 Å². The zero-order valence-electron chi connectivity index (χ0n) is 17.1. The molecule has 0 radical (unpaired) electrons. The lowest BCUT2D eigenvalue weighted by Crippen LogP contribution is -2.56. The van der Waals surface area contributed by atoms with E-state index in [1.807, 2.05) is 25.1 Å². The number of carbonyl (C=O) groups excluding carboxylic acids is 1. The van der Waals surface area contributed by atoms with Crippen LogP contribution in [0.3, 0.4) is 0 Å². The van der Waals surface area contributed by atoms with Gasteiger partial charge in [0, 0.05) is 52.9 Å². The van der Waals surface area contributed by atoms with E-state index in [1.165, 1.54) is 0 Å². The van der Waals surface area contributed by atoms with Gasteiger partial charge in [0.15, 0.2) is 5.96 Å². The standard InChI is InChI=1S/C18H27N9O.HI/c1-13-22-23-16-5-4-14(10-27(13)16)8-20-18(19-2)25-6-7-26(17(28)12-25)15-9-21-24(3)11-15;/h9,11,14H,4-8,10,12H2,1-3H3,(H,19,20);1H. The van der Waals surface area contributed by atoms with Crippen LogP contribution in [0.25, 0.3) is 0 Å². The van der Waals surface area contributed by atoms with Crippen molar-refractivity contribution in [1.29, 1.82) is 0 Å². The summed E-state index contributed by atoms with van der Waals surface area (Å²) in [4.78, 5) is 20.8. The Morgan fingerprint density at radius 3 is 2.86 bits per heavy atom. The van der Waals surface area contributed by atoms with Gasteiger partial charge in [-0.15, -0.1) is 34.2 Å². The highest BCUT2D eigenvalue weighted by molar-refractivity contribution is 14.0. The maximum atomic E-state index is 12.6. The molecule has 0 aromatic carbocycles. The van der Waals surface area contributed by atoms with Crippen LogP contribution in [0.5, 0.6) is 0 Å². The molecule has 1 atom stereocenters. The lowest BCUT2D eigenvalue weighted by Gasteiger charge is -2.36. The molecule has 1 amide bonds. The second-order valence-electron chi connectivity index (χ2n) is 7.45. The molecule has 0 spiro atoms. The van der Waals surface area contributed by atoms with Crippen LogP contribution in [-0.2, 0) is 24.8 Å². The van der Waals surface area contributed by atoms with Crippen LogP contribution in [0, 0.1) is 12.8 Å². The van der Waals surface area contributed by atoms with E-state index in [1.54, 1.807) is 22.8 Å². The third-order valence-electron chi connectivity index (χ3n) is 5.51. The van der Waals surface area contributed by atoms with Crippen molar-refractivity contribution in [3.63, 3.8) is 0 Å². The summed E-state index contributed by atoms with van der Waals surface area (Å²) in [7, 11) is 3.62. The average molecular weight is 513 g/mol. The monoisotopic (exact) mass is 513 g/mol. The molecule has 2 aliphatic heterocycles. The normalized spacial score (nSPS) is 19.8. The highest BCUT2D eigenvalue weighted by Gasteiger charge is 2.28. The maximum absolute atomic E-state index is 12.6. The number of aliphatic imine (C=N–C) groups is 1. The summed E-state index contributed by atoms with van der Waals surface area (Å²) in [5.41, 5.74) is 0.845. The molecule has 0 saturated carbocycles. The number of anilines is 1. The Hall–Kier alpha value is -2.18. The maximum Gasteiger partial charge on any atom is 0.246 e. The summed E-state index contributed by atoms with van der Waals surface area (Å²) in [5, 5.41) is 16.0. The smallest absolute Gasteiger partial charge is 0.246 e. The van der Waals surface area contributed by atoms with Crippen molar-refractivity contribution < 1.29 is 4.79 Å². The number of aromatic nitrogens is 5. The number of rotatable bonds is 3. The number of nitrogens with one attached hydrogen (secondary N) is 1. The lowest BCUT2D eigenvalue weighted by molar-refractivity contribution is -0.120. The second kappa shape index (κ2) is 9.09. The molecule has 2 aliphatic rings. The van der Waals surface area contributed by atoms with E-state index in [2.05, 4.69) is 30.2 Å². The number of carbonyl (C=O) groups is 1. The number of hydrogen-bond donors (Lipinski definition) is 1. The van der Waals surface area contributed by atoms with Crippen molar-refractivity contribution in [3.8, 4) is 0 Å². The number of fused-ring (bicyclic) bond motifs is 1. The van der Waals surface area contributed by atoms with Gasteiger partial charge >= 0.3 is 0 Å². The highest BCUT2D eigenvalue weighted by Crippen LogP contribution is 2.20. The van der Waals surface area contributed by atoms with Crippen molar-refractivity contribution in [2.45, 2.75) is 26.3 Å². The molecule has 2 aromatic rings. The van der Waals surface area contributed by atoms with Crippen molar-refractivity contribution >= 4 is 41.5 Å². The SMILES string of the molecule is CN=C(NCC1CCc2nnc(C)n2C1)N1CCN(c2cnn(C)c2)C(=O)C1.I. The van der Waals surface area contributed by atoms with Crippen LogP contribution >= 0.6 is 24.0 Å². The summed E-state index contributed by atoms with van der Waals surface area (Å²) in [6, 6.07) is 0. The number of nitrogens with zero attached hydrogens (tertiary/aromatic N) is 8. The van der Waals surface area contributed by atoms with Crippen LogP contribution in [0.15, 0.2) is 17.4 Å². The van der Waals surface area contributed by atoms with E-state index >= 15 is 0 Å². The molecule has 10 nitrogen and oxygen atoms in total. The van der Waals surface area contributed by atoms with Gasteiger partial charge < -0.3 is 19.7 Å². The first kappa shape index (κ1) is 21.5. The van der Waals surface area contributed by atoms with Gasteiger partial charge in [-0.05, 0) is 19.3 Å². The number of aryl methyl sites for hydroxylation is 3. The van der Waals surface area contributed by atoms with E-state index in [9.17, 15) is 4.79 Å². The summed E-state index contributed by atoms with van der Waals surface area (Å²) in [5.74, 6) is 3.39. The zero-order valence-corrected chi connectivity index (χ0v) is 19.4. The average Bonchev–Trinajstić information content (AvgIpc) is 3.28. The number of halogens is 1. The molecule has 0 bridgehead atoms. The predicted molar refractivity (Wildman–Crippen MR) is 120 cm³/mol. The molecular weight excluding hydrogens is 485 g/mol. The minimum Gasteiger partial charge on any atom is -0.356 e. The summed E-state index contributed by atoms with van der Waals surface area (Å²) < 4.78 is 3.91. The van der Waals surface area contributed by atoms with Crippen molar-refractivity contribution in [2.75, 3.05) is 38.1 Å². The largest absolute Gasteiger partial charge is 0.356 e. The predicted octanol–water partition coefficient (Wildman–Crippen LogP) is 0.425. The van der Waals surface area contributed by atoms with Gasteiger partial charge in [-0.25, -0.2) is 0 Å². The summed E-state index contributed by atoms with van der Waals surface area (Å²) >= 11 is 0. The van der Waals surface area contributed by atoms with Gasteiger partial charge in [0.1, 0.15) is 18.2 Å². The van der Waals surface area contributed by atoms with Crippen molar-refractivity contribution in [3.05, 3.63) is 24.0 Å². The molecule has 4 heterocycles. The van der Waals surface area contributed by atoms with Gasteiger partial charge in [0.05, 0.1) is 11.9 Å². The zero-order chi connectivity index (χ0) is 19.7. The quantitative estimate of drug-likeness (QED) is 0.363. The topological polar surface area (TPSA) is 96.5 Å². The first-order chi connectivity index (χ1) is 13.5. The molecule has 11 heteroatoms. The van der Waals surface area contributed by atoms with E-state index < -0.39 is 0 Å². The van der Waals surface area contributed by atoms with Crippen molar-refractivity contribution in [1.82, 2.24) is 34.8 Å². The molecule has 1 saturated heterocycles. The van der Waals surface area contributed by atoms with Gasteiger partial charge in [0.25, 0.3) is 0 Å². The van der Waals surface area contributed by atoms with Crippen LogP contribution in [0.1, 0.15) is 18.1 Å². The Bertz CT molecular complexity index is 890. The number of guanidine groups is 1. The molecule has 29 heavy (non-hydrogen) atoms. The fourth-order valence-electron chi connectivity index (χ4n) is 3.94. The number of hydrogen-bond acceptors (Lipinski definition) is 5. The number of amides is 1. The Balaban J connectivity index is 0.00000240. The van der Waals surface area contributed by atoms with Crippen LogP contribution in [0.4, 0.5) is 5.69 Å². The first-order valence-corrected chi connectivity index (χ1v) is 9.68. The fraction of sp³-hybridized carbons (Fsp3) is 0.611. The summed E-state index contributed by atoms with van der Waals surface area (Å²) in [6.45, 7) is 5.41. The van der Waals surface area contributed by atoms with Crippen molar-refractivity contribution in [2.24, 2.45) is 18.0 Å². The second-order valence-corrected chi connectivity index (χ2v) is 7.45. The molecule has 1 fully saturated rings. The highest BCUT2D eigenvalue weighted by atomic mass is 127. The molecule has 158 valence electrons. The van der Waals surface area contributed by atoms with Gasteiger partial charge in [-0.2, -0.15) is 5.10 Å². The van der Waals surface area contributed by atoms with Gasteiger partial charge in [-0.1, -0.05) is 0 Å². The Morgan fingerprint density at radius 1 is 1.34 bits per heavy atom. The fourth-order valence-corrected chi connectivity index (χ4v) is 3.94. The Morgan fingerprint density at radius 2 is 2.17 bits per heavy atom. The van der Waals surface area contributed by atoms with Gasteiger partial charge in [0.2, 0.25) is 5.91 Å². The molecular formula is C18H28IN9O. The van der Waals surface area contributed by atoms with Crippen LogP contribution in [-0.4, -0.2) is 74.5 Å². The lowest BCUT2D eigenvalue weighted by atomic mass is 9.99. The third kappa shape index (κ3) is 4.54. The minimum absolute atomic E-state index is 0. The third-order valence-corrected chi connectivity index (χ3v) is 5.51. The van der Waals surface area contributed by atoms with Gasteiger partial charge in [-0.3, -0.25) is 14.5 Å². The van der Waals surface area contributed by atoms with E-state index in [0.717, 1.165) is 55.8 Å². The summed E-state index contributed by atoms with van der Waals surface area (Å²) in [6.07, 6.45) is 5.62. The molecule has 0 aliphatic carbocycles. The molecule has 1 N–H and O–H groups in total. The molecule has 2 aromatic heterocycles. The first-order valence-electron chi connectivity index (χ1n) is 9.68. The van der Waals surface area contributed by atoms with Crippen LogP contribution in [0.2, 0.25) is 0 Å². The van der Waals surface area contributed by atoms with Crippen LogP contribution < -0.4 is 10.2 Å². The van der Waals surface area contributed by atoms with E-state index in [0.29, 0.717) is 19.0 Å². The molecule has 1 unspecified atom stereocenters. The molecule has 4 rings (SSSR count). The van der Waals surface area contributed by atoms with E-state index in [-0.39, 0.29) is 29.9 Å². The number of piperazine rings is 1. The minimum atomic E-state index is 0. The Kier molecular flexibility index (Phi) is 6.75.